The number of carboxylic acid groups (broad SMARTS) is 1. The number of halogens is 1. The van der Waals surface area contributed by atoms with Crippen LogP contribution in [0.1, 0.15) is 41.6 Å². The average molecular weight is 280 g/mol. The molecule has 1 aromatic carbocycles. The molecule has 0 radical (unpaired) electrons. The van der Waals surface area contributed by atoms with Crippen molar-refractivity contribution in [3.8, 4) is 0 Å². The van der Waals surface area contributed by atoms with Crippen LogP contribution < -0.4 is 0 Å². The SMILES string of the molecule is CC(C)n1nnc(C(=O)O)c1Cc1ccc(Cl)cc1. The highest BCUT2D eigenvalue weighted by Gasteiger charge is 2.20. The first-order valence-electron chi connectivity index (χ1n) is 5.91. The fourth-order valence-corrected chi connectivity index (χ4v) is 1.98. The number of benzene rings is 1. The minimum atomic E-state index is -1.06. The number of hydrogen-bond acceptors (Lipinski definition) is 3. The maximum Gasteiger partial charge on any atom is 0.358 e. The number of nitrogens with zero attached hydrogens (tertiary/aromatic N) is 3. The summed E-state index contributed by atoms with van der Waals surface area (Å²) < 4.78 is 1.64. The van der Waals surface area contributed by atoms with Crippen molar-refractivity contribution < 1.29 is 9.90 Å². The Morgan fingerprint density at radius 1 is 1.37 bits per heavy atom. The zero-order valence-electron chi connectivity index (χ0n) is 10.7. The molecule has 1 aromatic heterocycles. The Morgan fingerprint density at radius 2 is 2.00 bits per heavy atom. The van der Waals surface area contributed by atoms with Crippen LogP contribution in [0.15, 0.2) is 24.3 Å². The Balaban J connectivity index is 2.39. The van der Waals surface area contributed by atoms with Gasteiger partial charge in [0.1, 0.15) is 0 Å². The fraction of sp³-hybridized carbons (Fsp3) is 0.308. The van der Waals surface area contributed by atoms with E-state index >= 15 is 0 Å². The van der Waals surface area contributed by atoms with Gasteiger partial charge in [-0.25, -0.2) is 9.48 Å². The molecule has 0 spiro atoms. The lowest BCUT2D eigenvalue weighted by Gasteiger charge is -2.10. The van der Waals surface area contributed by atoms with E-state index in [1.165, 1.54) is 0 Å². The third-order valence-corrected chi connectivity index (χ3v) is 3.02. The Hall–Kier alpha value is -1.88. The summed E-state index contributed by atoms with van der Waals surface area (Å²) in [5, 5.41) is 17.4. The zero-order chi connectivity index (χ0) is 14.0. The van der Waals surface area contributed by atoms with Crippen molar-refractivity contribution in [3.63, 3.8) is 0 Å². The van der Waals surface area contributed by atoms with Gasteiger partial charge in [-0.2, -0.15) is 0 Å². The van der Waals surface area contributed by atoms with E-state index in [1.807, 2.05) is 26.0 Å². The van der Waals surface area contributed by atoms with Crippen molar-refractivity contribution in [2.45, 2.75) is 26.3 Å². The van der Waals surface area contributed by atoms with Gasteiger partial charge in [-0.15, -0.1) is 5.10 Å². The van der Waals surface area contributed by atoms with Gasteiger partial charge in [-0.1, -0.05) is 28.9 Å². The van der Waals surface area contributed by atoms with Gasteiger partial charge in [-0.05, 0) is 31.5 Å². The van der Waals surface area contributed by atoms with Crippen LogP contribution in [-0.2, 0) is 6.42 Å². The molecule has 1 heterocycles. The van der Waals surface area contributed by atoms with Crippen LogP contribution in [0, 0.1) is 0 Å². The lowest BCUT2D eigenvalue weighted by atomic mass is 10.1. The highest BCUT2D eigenvalue weighted by atomic mass is 35.5. The summed E-state index contributed by atoms with van der Waals surface area (Å²) in [5.74, 6) is -1.06. The molecule has 6 heteroatoms. The maximum absolute atomic E-state index is 11.2. The van der Waals surface area contributed by atoms with Crippen LogP contribution in [0.4, 0.5) is 0 Å². The molecule has 0 aliphatic rings. The second kappa shape index (κ2) is 5.40. The molecule has 0 bridgehead atoms. The predicted octanol–water partition coefficient (Wildman–Crippen LogP) is 2.80. The van der Waals surface area contributed by atoms with Crippen LogP contribution in [0.2, 0.25) is 5.02 Å². The van der Waals surface area contributed by atoms with Gasteiger partial charge in [0, 0.05) is 17.5 Å². The molecule has 0 fully saturated rings. The standard InChI is InChI=1S/C13H14ClN3O2/c1-8(2)17-11(12(13(18)19)15-16-17)7-9-3-5-10(14)6-4-9/h3-6,8H,7H2,1-2H3,(H,18,19). The van der Waals surface area contributed by atoms with Crippen LogP contribution >= 0.6 is 11.6 Å². The van der Waals surface area contributed by atoms with Crippen LogP contribution in [0.3, 0.4) is 0 Å². The van der Waals surface area contributed by atoms with Crippen molar-refractivity contribution in [2.24, 2.45) is 0 Å². The fourth-order valence-electron chi connectivity index (χ4n) is 1.85. The molecule has 0 unspecified atom stereocenters. The summed E-state index contributed by atoms with van der Waals surface area (Å²) in [6.45, 7) is 3.87. The smallest absolute Gasteiger partial charge is 0.358 e. The van der Waals surface area contributed by atoms with Crippen LogP contribution in [0.5, 0.6) is 0 Å². The minimum Gasteiger partial charge on any atom is -0.476 e. The van der Waals surface area contributed by atoms with Crippen molar-refractivity contribution >= 4 is 17.6 Å². The minimum absolute atomic E-state index is 0.00338. The second-order valence-corrected chi connectivity index (χ2v) is 4.97. The van der Waals surface area contributed by atoms with Crippen LogP contribution in [-0.4, -0.2) is 26.1 Å². The van der Waals surface area contributed by atoms with Crippen molar-refractivity contribution in [1.82, 2.24) is 15.0 Å². The number of aromatic carboxylic acids is 1. The molecule has 0 aliphatic carbocycles. The molecule has 2 rings (SSSR count). The summed E-state index contributed by atoms with van der Waals surface area (Å²) >= 11 is 5.83. The molecule has 1 N–H and O–H groups in total. The molecule has 19 heavy (non-hydrogen) atoms. The summed E-state index contributed by atoms with van der Waals surface area (Å²) in [4.78, 5) is 11.2. The molecular formula is C13H14ClN3O2. The largest absolute Gasteiger partial charge is 0.476 e. The molecule has 100 valence electrons. The number of rotatable bonds is 4. The first-order chi connectivity index (χ1) is 8.99. The van der Waals surface area contributed by atoms with E-state index in [9.17, 15) is 4.79 Å². The van der Waals surface area contributed by atoms with Gasteiger partial charge in [0.25, 0.3) is 0 Å². The van der Waals surface area contributed by atoms with Crippen molar-refractivity contribution in [2.75, 3.05) is 0 Å². The topological polar surface area (TPSA) is 68.0 Å². The molecule has 0 aliphatic heterocycles. The van der Waals surface area contributed by atoms with E-state index in [0.717, 1.165) is 5.56 Å². The Labute approximate surface area is 115 Å². The molecular weight excluding hydrogens is 266 g/mol. The molecule has 0 amide bonds. The molecule has 5 nitrogen and oxygen atoms in total. The van der Waals surface area contributed by atoms with Crippen LogP contribution in [0.25, 0.3) is 0 Å². The second-order valence-electron chi connectivity index (χ2n) is 4.53. The van der Waals surface area contributed by atoms with E-state index in [0.29, 0.717) is 17.1 Å². The number of hydrogen-bond donors (Lipinski definition) is 1. The summed E-state index contributed by atoms with van der Waals surface area (Å²) in [6.07, 6.45) is 0.462. The third-order valence-electron chi connectivity index (χ3n) is 2.77. The molecule has 0 atom stereocenters. The molecule has 0 saturated heterocycles. The van der Waals surface area contributed by atoms with Crippen molar-refractivity contribution in [1.29, 1.82) is 0 Å². The van der Waals surface area contributed by atoms with Gasteiger partial charge >= 0.3 is 5.97 Å². The first kappa shape index (κ1) is 13.5. The monoisotopic (exact) mass is 279 g/mol. The van der Waals surface area contributed by atoms with Gasteiger partial charge in [-0.3, -0.25) is 0 Å². The summed E-state index contributed by atoms with van der Waals surface area (Å²) in [5.41, 5.74) is 1.57. The summed E-state index contributed by atoms with van der Waals surface area (Å²) in [7, 11) is 0. The predicted molar refractivity (Wildman–Crippen MR) is 71.6 cm³/mol. The lowest BCUT2D eigenvalue weighted by molar-refractivity contribution is 0.0689. The number of aromatic nitrogens is 3. The van der Waals surface area contributed by atoms with Gasteiger partial charge in [0.05, 0.1) is 5.69 Å². The Morgan fingerprint density at radius 3 is 2.53 bits per heavy atom. The van der Waals surface area contributed by atoms with E-state index < -0.39 is 5.97 Å². The zero-order valence-corrected chi connectivity index (χ0v) is 11.4. The highest BCUT2D eigenvalue weighted by molar-refractivity contribution is 6.30. The number of carboxylic acids is 1. The number of carbonyl (C=O) groups is 1. The molecule has 2 aromatic rings. The van der Waals surface area contributed by atoms with Gasteiger partial charge in [0.15, 0.2) is 5.69 Å². The average Bonchev–Trinajstić information content (AvgIpc) is 2.76. The lowest BCUT2D eigenvalue weighted by Crippen LogP contribution is -2.11. The normalized spacial score (nSPS) is 10.9. The Kier molecular flexibility index (Phi) is 3.85. The maximum atomic E-state index is 11.2. The van der Waals surface area contributed by atoms with E-state index in [1.54, 1.807) is 16.8 Å². The van der Waals surface area contributed by atoms with Gasteiger partial charge < -0.3 is 5.11 Å². The third kappa shape index (κ3) is 2.93. The first-order valence-corrected chi connectivity index (χ1v) is 6.28. The van der Waals surface area contributed by atoms with Gasteiger partial charge in [0.2, 0.25) is 0 Å². The van der Waals surface area contributed by atoms with E-state index in [-0.39, 0.29) is 11.7 Å². The Bertz CT molecular complexity index is 590. The quantitative estimate of drug-likeness (QED) is 0.934. The van der Waals surface area contributed by atoms with E-state index in [4.69, 9.17) is 16.7 Å². The summed E-state index contributed by atoms with van der Waals surface area (Å²) in [6, 6.07) is 7.35. The van der Waals surface area contributed by atoms with E-state index in [2.05, 4.69) is 10.3 Å². The molecule has 0 saturated carbocycles. The van der Waals surface area contributed by atoms with Crippen molar-refractivity contribution in [3.05, 3.63) is 46.2 Å². The highest BCUT2D eigenvalue weighted by Crippen LogP contribution is 2.18.